The van der Waals surface area contributed by atoms with Crippen molar-refractivity contribution in [2.24, 2.45) is 16.6 Å². The van der Waals surface area contributed by atoms with Crippen molar-refractivity contribution in [1.82, 2.24) is 10.2 Å². The zero-order valence-corrected chi connectivity index (χ0v) is 17.8. The fraction of sp³-hybridized carbons (Fsp3) is 0.375. The molecular formula is C24H27FN4O2. The molecule has 0 radical (unpaired) electrons. The van der Waals surface area contributed by atoms with Crippen LogP contribution in [0.5, 0.6) is 0 Å². The predicted molar refractivity (Wildman–Crippen MR) is 117 cm³/mol. The minimum Gasteiger partial charge on any atom is -0.369 e. The molecule has 2 aromatic rings. The van der Waals surface area contributed by atoms with Crippen LogP contribution in [0.15, 0.2) is 53.5 Å². The van der Waals surface area contributed by atoms with Crippen LogP contribution in [-0.2, 0) is 11.3 Å². The minimum absolute atomic E-state index is 0.0666. The molecule has 0 unspecified atom stereocenters. The van der Waals surface area contributed by atoms with Crippen LogP contribution in [0.25, 0.3) is 0 Å². The standard InChI is InChI=1S/C24H27FN4O2/c1-15(17-6-4-3-5-7-17)27-22(31)19-12-16(8-11-20(19)25)14-29-21(30)13-24(2,18-9-10-18)28-23(29)26/h3-8,11-12,15,18H,9-10,13-14H2,1-2H3,(H2,26,28)(H,27,31)/t15-,24-/m0/s1. The number of hydrogen-bond acceptors (Lipinski definition) is 4. The van der Waals surface area contributed by atoms with Crippen molar-refractivity contribution in [3.8, 4) is 0 Å². The maximum Gasteiger partial charge on any atom is 0.254 e. The molecule has 0 spiro atoms. The number of nitrogens with zero attached hydrogens (tertiary/aromatic N) is 2. The van der Waals surface area contributed by atoms with Crippen molar-refractivity contribution in [3.63, 3.8) is 0 Å². The number of halogens is 1. The number of nitrogens with one attached hydrogen (secondary N) is 1. The van der Waals surface area contributed by atoms with Crippen LogP contribution in [0.2, 0.25) is 0 Å². The fourth-order valence-corrected chi connectivity index (χ4v) is 4.13. The molecule has 6 nitrogen and oxygen atoms in total. The second-order valence-corrected chi connectivity index (χ2v) is 8.68. The van der Waals surface area contributed by atoms with Gasteiger partial charge in [0.2, 0.25) is 5.91 Å². The SMILES string of the molecule is C[C@H](NC(=O)c1cc(CN2C(=O)C[C@@](C)(C3CC3)N=C2N)ccc1F)c1ccccc1. The smallest absolute Gasteiger partial charge is 0.254 e. The van der Waals surface area contributed by atoms with Gasteiger partial charge < -0.3 is 11.1 Å². The number of rotatable bonds is 6. The van der Waals surface area contributed by atoms with E-state index in [-0.39, 0.29) is 30.0 Å². The zero-order chi connectivity index (χ0) is 22.2. The van der Waals surface area contributed by atoms with Crippen LogP contribution in [0.4, 0.5) is 4.39 Å². The molecule has 2 aromatic carbocycles. The van der Waals surface area contributed by atoms with Crippen molar-refractivity contribution >= 4 is 17.8 Å². The first-order chi connectivity index (χ1) is 14.8. The van der Waals surface area contributed by atoms with E-state index < -0.39 is 17.3 Å². The van der Waals surface area contributed by atoms with Crippen LogP contribution in [0, 0.1) is 11.7 Å². The number of guanidine groups is 1. The molecule has 31 heavy (non-hydrogen) atoms. The van der Waals surface area contributed by atoms with Crippen molar-refractivity contribution in [1.29, 1.82) is 0 Å². The molecule has 1 heterocycles. The third-order valence-electron chi connectivity index (χ3n) is 6.18. The van der Waals surface area contributed by atoms with Gasteiger partial charge in [-0.1, -0.05) is 36.4 Å². The van der Waals surface area contributed by atoms with Gasteiger partial charge in [0.25, 0.3) is 5.91 Å². The number of hydrogen-bond donors (Lipinski definition) is 2. The Morgan fingerprint density at radius 1 is 1.29 bits per heavy atom. The van der Waals surface area contributed by atoms with Gasteiger partial charge in [0.05, 0.1) is 30.1 Å². The molecule has 2 aliphatic rings. The average Bonchev–Trinajstić information content (AvgIpc) is 3.58. The van der Waals surface area contributed by atoms with E-state index in [4.69, 9.17) is 5.73 Å². The van der Waals surface area contributed by atoms with Crippen LogP contribution in [-0.4, -0.2) is 28.2 Å². The second-order valence-electron chi connectivity index (χ2n) is 8.68. The molecule has 2 amide bonds. The second kappa shape index (κ2) is 8.13. The summed E-state index contributed by atoms with van der Waals surface area (Å²) in [7, 11) is 0. The van der Waals surface area contributed by atoms with Gasteiger partial charge in [-0.3, -0.25) is 14.5 Å². The highest BCUT2D eigenvalue weighted by atomic mass is 19.1. The van der Waals surface area contributed by atoms with Crippen molar-refractivity contribution in [2.45, 2.75) is 51.2 Å². The van der Waals surface area contributed by atoms with Crippen LogP contribution in [0.1, 0.15) is 60.6 Å². The van der Waals surface area contributed by atoms with E-state index in [1.165, 1.54) is 17.0 Å². The van der Waals surface area contributed by atoms with Crippen LogP contribution in [0.3, 0.4) is 0 Å². The van der Waals surface area contributed by atoms with Crippen LogP contribution >= 0.6 is 0 Å². The minimum atomic E-state index is -0.616. The highest BCUT2D eigenvalue weighted by Gasteiger charge is 2.46. The molecule has 1 fully saturated rings. The highest BCUT2D eigenvalue weighted by molar-refractivity contribution is 5.99. The Balaban J connectivity index is 1.50. The van der Waals surface area contributed by atoms with E-state index in [1.54, 1.807) is 6.07 Å². The van der Waals surface area contributed by atoms with Crippen LogP contribution < -0.4 is 11.1 Å². The molecule has 3 N–H and O–H groups in total. The summed E-state index contributed by atoms with van der Waals surface area (Å²) >= 11 is 0. The Hall–Kier alpha value is -3.22. The summed E-state index contributed by atoms with van der Waals surface area (Å²) in [6.45, 7) is 3.96. The van der Waals surface area contributed by atoms with Gasteiger partial charge in [-0.25, -0.2) is 9.38 Å². The maximum absolute atomic E-state index is 14.4. The number of aliphatic imine (C=N–C) groups is 1. The third kappa shape index (κ3) is 4.45. The monoisotopic (exact) mass is 422 g/mol. The first kappa shape index (κ1) is 21.0. The molecule has 162 valence electrons. The van der Waals surface area contributed by atoms with E-state index in [9.17, 15) is 14.0 Å². The molecular weight excluding hydrogens is 395 g/mol. The summed E-state index contributed by atoms with van der Waals surface area (Å²) in [5.41, 5.74) is 7.16. The molecule has 1 saturated carbocycles. The van der Waals surface area contributed by atoms with Crippen molar-refractivity contribution < 1.29 is 14.0 Å². The lowest BCUT2D eigenvalue weighted by atomic mass is 9.90. The first-order valence-electron chi connectivity index (χ1n) is 10.6. The van der Waals surface area contributed by atoms with Crippen molar-refractivity contribution in [3.05, 3.63) is 71.0 Å². The van der Waals surface area contributed by atoms with Gasteiger partial charge in [-0.15, -0.1) is 0 Å². The van der Waals surface area contributed by atoms with Gasteiger partial charge >= 0.3 is 0 Å². The number of benzene rings is 2. The lowest BCUT2D eigenvalue weighted by molar-refractivity contribution is -0.130. The molecule has 0 bridgehead atoms. The van der Waals surface area contributed by atoms with Gasteiger partial charge in [0.15, 0.2) is 5.96 Å². The van der Waals surface area contributed by atoms with E-state index >= 15 is 0 Å². The number of carbonyl (C=O) groups excluding carboxylic acids is 2. The summed E-state index contributed by atoms with van der Waals surface area (Å²) in [6.07, 6.45) is 2.44. The summed E-state index contributed by atoms with van der Waals surface area (Å²) in [6, 6.07) is 13.5. The Kier molecular flexibility index (Phi) is 5.52. The lowest BCUT2D eigenvalue weighted by Gasteiger charge is -2.35. The van der Waals surface area contributed by atoms with Gasteiger partial charge in [-0.2, -0.15) is 0 Å². The Morgan fingerprint density at radius 2 is 2.00 bits per heavy atom. The quantitative estimate of drug-likeness (QED) is 0.747. The number of carbonyl (C=O) groups is 2. The maximum atomic E-state index is 14.4. The van der Waals surface area contributed by atoms with E-state index in [0.717, 1.165) is 18.4 Å². The molecule has 2 atom stereocenters. The molecule has 1 aliphatic heterocycles. The largest absolute Gasteiger partial charge is 0.369 e. The molecule has 4 rings (SSSR count). The topological polar surface area (TPSA) is 87.8 Å². The molecule has 1 aliphatic carbocycles. The predicted octanol–water partition coefficient (Wildman–Crippen LogP) is 3.53. The van der Waals surface area contributed by atoms with Gasteiger partial charge in [0, 0.05) is 0 Å². The summed E-state index contributed by atoms with van der Waals surface area (Å²) in [4.78, 5) is 31.5. The summed E-state index contributed by atoms with van der Waals surface area (Å²) in [5, 5.41) is 2.82. The Labute approximate surface area is 181 Å². The summed E-state index contributed by atoms with van der Waals surface area (Å²) in [5.74, 6) is -0.642. The normalized spacial score (nSPS) is 22.1. The van der Waals surface area contributed by atoms with E-state index in [0.29, 0.717) is 17.9 Å². The molecule has 0 aromatic heterocycles. The molecule has 7 heteroatoms. The lowest BCUT2D eigenvalue weighted by Crippen LogP contribution is -2.50. The Bertz CT molecular complexity index is 1040. The van der Waals surface area contributed by atoms with E-state index in [1.807, 2.05) is 44.2 Å². The molecule has 0 saturated heterocycles. The zero-order valence-electron chi connectivity index (χ0n) is 17.8. The van der Waals surface area contributed by atoms with Crippen molar-refractivity contribution in [2.75, 3.05) is 0 Å². The van der Waals surface area contributed by atoms with E-state index in [2.05, 4.69) is 10.3 Å². The Morgan fingerprint density at radius 3 is 2.65 bits per heavy atom. The average molecular weight is 423 g/mol. The van der Waals surface area contributed by atoms with Gasteiger partial charge in [-0.05, 0) is 55.9 Å². The first-order valence-corrected chi connectivity index (χ1v) is 10.6. The number of nitrogens with two attached hydrogens (primary N) is 1. The third-order valence-corrected chi connectivity index (χ3v) is 6.18. The number of amides is 2. The van der Waals surface area contributed by atoms with Gasteiger partial charge in [0.1, 0.15) is 5.82 Å². The summed E-state index contributed by atoms with van der Waals surface area (Å²) < 4.78 is 14.4. The highest BCUT2D eigenvalue weighted by Crippen LogP contribution is 2.45. The fourth-order valence-electron chi connectivity index (χ4n) is 4.13.